The van der Waals surface area contributed by atoms with Crippen molar-refractivity contribution in [2.45, 2.75) is 18.3 Å². The topological polar surface area (TPSA) is 87.7 Å². The minimum atomic E-state index is -0.729. The lowest BCUT2D eigenvalue weighted by atomic mass is 9.97. The van der Waals surface area contributed by atoms with Crippen molar-refractivity contribution in [2.24, 2.45) is 0 Å². The third kappa shape index (κ3) is 4.22. The van der Waals surface area contributed by atoms with Gasteiger partial charge in [0.2, 0.25) is 0 Å². The van der Waals surface area contributed by atoms with E-state index >= 15 is 0 Å². The number of carbonyl (C=O) groups is 2. The molecule has 130 valence electrons. The van der Waals surface area contributed by atoms with Crippen LogP contribution in [-0.2, 0) is 10.2 Å². The highest BCUT2D eigenvalue weighted by Crippen LogP contribution is 2.48. The zero-order valence-corrected chi connectivity index (χ0v) is 14.0. The molecule has 7 heteroatoms. The summed E-state index contributed by atoms with van der Waals surface area (Å²) < 4.78 is 5.22. The van der Waals surface area contributed by atoms with Gasteiger partial charge in [-0.05, 0) is 54.8 Å². The fourth-order valence-electron chi connectivity index (χ4n) is 2.50. The number of rotatable bonds is 4. The number of hydrogen-bond acceptors (Lipinski definition) is 4. The summed E-state index contributed by atoms with van der Waals surface area (Å²) in [6, 6.07) is 13.2. The van der Waals surface area contributed by atoms with Gasteiger partial charge in [0, 0.05) is 16.0 Å². The van der Waals surface area contributed by atoms with Gasteiger partial charge >= 0.3 is 6.09 Å². The number of carbonyl (C=O) groups excluding carboxylic acids is 2. The van der Waals surface area contributed by atoms with Gasteiger partial charge in [0.25, 0.3) is 5.91 Å². The van der Waals surface area contributed by atoms with Gasteiger partial charge < -0.3 is 9.84 Å². The number of phenolic OH excluding ortho intramolecular Hbond substituents is 1. The first kappa shape index (κ1) is 17.1. The quantitative estimate of drug-likeness (QED) is 0.731. The van der Waals surface area contributed by atoms with Crippen molar-refractivity contribution >= 4 is 23.6 Å². The van der Waals surface area contributed by atoms with E-state index in [0.29, 0.717) is 10.6 Å². The molecule has 2 amide bonds. The smallest absolute Gasteiger partial charge is 0.426 e. The molecule has 3 rings (SSSR count). The van der Waals surface area contributed by atoms with Crippen LogP contribution in [0.5, 0.6) is 5.75 Å². The van der Waals surface area contributed by atoms with Crippen molar-refractivity contribution < 1.29 is 19.4 Å². The first-order valence-corrected chi connectivity index (χ1v) is 8.14. The highest BCUT2D eigenvalue weighted by atomic mass is 35.5. The molecule has 0 aromatic heterocycles. The first-order chi connectivity index (χ1) is 12.0. The number of amides is 2. The molecule has 0 spiro atoms. The average Bonchev–Trinajstić information content (AvgIpc) is 3.40. The molecular formula is C18H17ClN2O4. The first-order valence-electron chi connectivity index (χ1n) is 7.77. The van der Waals surface area contributed by atoms with Gasteiger partial charge in [0.1, 0.15) is 12.4 Å². The molecule has 1 aliphatic carbocycles. The molecule has 0 saturated heterocycles. The number of aromatic hydroxyl groups is 1. The van der Waals surface area contributed by atoms with E-state index in [1.165, 1.54) is 24.3 Å². The van der Waals surface area contributed by atoms with Crippen LogP contribution in [0, 0.1) is 0 Å². The minimum Gasteiger partial charge on any atom is -0.508 e. The monoisotopic (exact) mass is 360 g/mol. The van der Waals surface area contributed by atoms with Gasteiger partial charge in [-0.15, -0.1) is 0 Å². The largest absolute Gasteiger partial charge is 0.508 e. The van der Waals surface area contributed by atoms with Crippen molar-refractivity contribution in [1.82, 2.24) is 10.9 Å². The summed E-state index contributed by atoms with van der Waals surface area (Å²) in [4.78, 5) is 23.6. The molecule has 0 aliphatic heterocycles. The van der Waals surface area contributed by atoms with Crippen LogP contribution in [0.15, 0.2) is 48.5 Å². The number of benzene rings is 2. The summed E-state index contributed by atoms with van der Waals surface area (Å²) in [5.74, 6) is -0.448. The van der Waals surface area contributed by atoms with E-state index < -0.39 is 12.0 Å². The molecular weight excluding hydrogens is 344 g/mol. The summed E-state index contributed by atoms with van der Waals surface area (Å²) in [6.45, 7) is 0.232. The summed E-state index contributed by atoms with van der Waals surface area (Å²) in [6.07, 6.45) is 1.14. The Bertz CT molecular complexity index is 771. The number of halogens is 1. The highest BCUT2D eigenvalue weighted by Gasteiger charge is 2.45. The molecule has 1 aliphatic rings. The predicted molar refractivity (Wildman–Crippen MR) is 92.4 cm³/mol. The Balaban J connectivity index is 1.47. The van der Waals surface area contributed by atoms with Gasteiger partial charge in [-0.1, -0.05) is 23.7 Å². The second kappa shape index (κ2) is 7.03. The maximum absolute atomic E-state index is 11.9. The summed E-state index contributed by atoms with van der Waals surface area (Å²) in [7, 11) is 0. The standard InChI is InChI=1S/C18H17ClN2O4/c19-14-5-3-13(4-6-14)18(9-10-18)11-25-17(24)21-20-16(23)12-1-7-15(22)8-2-12/h1-8,22H,9-11H2,(H,20,23)(H,21,24). The zero-order valence-electron chi connectivity index (χ0n) is 13.3. The maximum atomic E-state index is 11.9. The Morgan fingerprint density at radius 2 is 1.68 bits per heavy atom. The van der Waals surface area contributed by atoms with E-state index in [1.807, 2.05) is 24.3 Å². The average molecular weight is 361 g/mol. The Labute approximate surface area is 149 Å². The third-order valence-corrected chi connectivity index (χ3v) is 4.45. The number of ether oxygens (including phenoxy) is 1. The van der Waals surface area contributed by atoms with Crippen LogP contribution in [0.25, 0.3) is 0 Å². The van der Waals surface area contributed by atoms with Crippen LogP contribution in [0.3, 0.4) is 0 Å². The molecule has 1 fully saturated rings. The molecule has 2 aromatic carbocycles. The molecule has 3 N–H and O–H groups in total. The van der Waals surface area contributed by atoms with E-state index in [9.17, 15) is 14.7 Å². The van der Waals surface area contributed by atoms with Crippen LogP contribution in [0.1, 0.15) is 28.8 Å². The van der Waals surface area contributed by atoms with E-state index in [4.69, 9.17) is 16.3 Å². The summed E-state index contributed by atoms with van der Waals surface area (Å²) in [5.41, 5.74) is 5.69. The molecule has 0 radical (unpaired) electrons. The fraction of sp³-hybridized carbons (Fsp3) is 0.222. The Kier molecular flexibility index (Phi) is 4.81. The minimum absolute atomic E-state index is 0.0563. The second-order valence-corrected chi connectivity index (χ2v) is 6.43. The molecule has 0 atom stereocenters. The Morgan fingerprint density at radius 1 is 1.04 bits per heavy atom. The molecule has 0 unspecified atom stereocenters. The van der Waals surface area contributed by atoms with Crippen LogP contribution in [0.4, 0.5) is 4.79 Å². The fourth-order valence-corrected chi connectivity index (χ4v) is 2.63. The lowest BCUT2D eigenvalue weighted by Gasteiger charge is -2.16. The van der Waals surface area contributed by atoms with Gasteiger partial charge in [0.05, 0.1) is 0 Å². The van der Waals surface area contributed by atoms with E-state index in [0.717, 1.165) is 18.4 Å². The van der Waals surface area contributed by atoms with Crippen LogP contribution >= 0.6 is 11.6 Å². The normalized spacial score (nSPS) is 14.4. The van der Waals surface area contributed by atoms with Crippen molar-refractivity contribution in [2.75, 3.05) is 6.61 Å². The Morgan fingerprint density at radius 3 is 2.28 bits per heavy atom. The maximum Gasteiger partial charge on any atom is 0.426 e. The molecule has 0 heterocycles. The van der Waals surface area contributed by atoms with Crippen LogP contribution < -0.4 is 10.9 Å². The second-order valence-electron chi connectivity index (χ2n) is 5.99. The highest BCUT2D eigenvalue weighted by molar-refractivity contribution is 6.30. The number of phenols is 1. The molecule has 1 saturated carbocycles. The Hall–Kier alpha value is -2.73. The predicted octanol–water partition coefficient (Wildman–Crippen LogP) is 3.15. The van der Waals surface area contributed by atoms with Crippen molar-refractivity contribution in [3.63, 3.8) is 0 Å². The van der Waals surface area contributed by atoms with Crippen molar-refractivity contribution in [3.05, 3.63) is 64.7 Å². The van der Waals surface area contributed by atoms with Gasteiger partial charge in [-0.2, -0.15) is 0 Å². The number of hydrogen-bond donors (Lipinski definition) is 3. The van der Waals surface area contributed by atoms with Crippen molar-refractivity contribution in [3.8, 4) is 5.75 Å². The van der Waals surface area contributed by atoms with Crippen LogP contribution in [-0.4, -0.2) is 23.7 Å². The van der Waals surface area contributed by atoms with Gasteiger partial charge in [0.15, 0.2) is 0 Å². The lowest BCUT2D eigenvalue weighted by Crippen LogP contribution is -2.42. The van der Waals surface area contributed by atoms with E-state index in [-0.39, 0.29) is 17.8 Å². The summed E-state index contributed by atoms with van der Waals surface area (Å²) in [5, 5.41) is 9.85. The van der Waals surface area contributed by atoms with E-state index in [2.05, 4.69) is 10.9 Å². The molecule has 2 aromatic rings. The van der Waals surface area contributed by atoms with Crippen molar-refractivity contribution in [1.29, 1.82) is 0 Å². The zero-order chi connectivity index (χ0) is 17.9. The number of nitrogens with one attached hydrogen (secondary N) is 2. The van der Waals surface area contributed by atoms with Gasteiger partial charge in [-0.3, -0.25) is 10.2 Å². The third-order valence-electron chi connectivity index (χ3n) is 4.20. The molecule has 25 heavy (non-hydrogen) atoms. The van der Waals surface area contributed by atoms with Crippen LogP contribution in [0.2, 0.25) is 5.02 Å². The molecule has 6 nitrogen and oxygen atoms in total. The van der Waals surface area contributed by atoms with Gasteiger partial charge in [-0.25, -0.2) is 10.2 Å². The molecule has 0 bridgehead atoms. The summed E-state index contributed by atoms with van der Waals surface area (Å²) >= 11 is 5.89. The number of hydrazine groups is 1. The SMILES string of the molecule is O=C(NNC(=O)c1ccc(O)cc1)OCC1(c2ccc(Cl)cc2)CC1. The van der Waals surface area contributed by atoms with E-state index in [1.54, 1.807) is 0 Å². The lowest BCUT2D eigenvalue weighted by molar-refractivity contribution is 0.0902.